The first-order valence-corrected chi connectivity index (χ1v) is 7.34. The Labute approximate surface area is 111 Å². The largest absolute Gasteiger partial charge is 0.352 e. The zero-order valence-corrected chi connectivity index (χ0v) is 12.2. The van der Waals surface area contributed by atoms with E-state index in [1.165, 1.54) is 12.8 Å². The third-order valence-electron chi connectivity index (χ3n) is 3.79. The minimum atomic E-state index is 0.167. The molecule has 0 spiro atoms. The lowest BCUT2D eigenvalue weighted by molar-refractivity contribution is -0.122. The summed E-state index contributed by atoms with van der Waals surface area (Å²) in [6.07, 6.45) is 4.50. The standard InChI is InChI=1S/C14H29N3O/c1-4-13(5-2)16-14(18)11-17(3)10-12-6-8-15-9-7-12/h12-13,15H,4-11H2,1-3H3,(H,16,18). The molecule has 106 valence electrons. The molecule has 1 aliphatic rings. The van der Waals surface area contributed by atoms with Crippen LogP contribution in [-0.4, -0.2) is 50.1 Å². The molecular formula is C14H29N3O. The molecule has 4 heteroatoms. The van der Waals surface area contributed by atoms with Crippen molar-refractivity contribution < 1.29 is 4.79 Å². The van der Waals surface area contributed by atoms with Crippen molar-refractivity contribution >= 4 is 5.91 Å². The van der Waals surface area contributed by atoms with Crippen LogP contribution in [0.4, 0.5) is 0 Å². The molecule has 0 aromatic carbocycles. The van der Waals surface area contributed by atoms with Crippen molar-refractivity contribution in [1.29, 1.82) is 0 Å². The molecule has 2 N–H and O–H groups in total. The van der Waals surface area contributed by atoms with Crippen molar-refractivity contribution in [3.05, 3.63) is 0 Å². The smallest absolute Gasteiger partial charge is 0.234 e. The minimum absolute atomic E-state index is 0.167. The Kier molecular flexibility index (Phi) is 7.28. The Hall–Kier alpha value is -0.610. The van der Waals surface area contributed by atoms with E-state index in [0.717, 1.165) is 38.4 Å². The summed E-state index contributed by atoms with van der Waals surface area (Å²) in [5.74, 6) is 0.914. The molecule has 1 saturated heterocycles. The van der Waals surface area contributed by atoms with E-state index < -0.39 is 0 Å². The zero-order chi connectivity index (χ0) is 13.4. The number of hydrogen-bond acceptors (Lipinski definition) is 3. The van der Waals surface area contributed by atoms with Gasteiger partial charge in [-0.15, -0.1) is 0 Å². The number of carbonyl (C=O) groups is 1. The van der Waals surface area contributed by atoms with Gasteiger partial charge in [0.25, 0.3) is 0 Å². The summed E-state index contributed by atoms with van der Waals surface area (Å²) in [6, 6.07) is 0.338. The SMILES string of the molecule is CCC(CC)NC(=O)CN(C)CC1CCNCC1. The van der Waals surface area contributed by atoms with Crippen LogP contribution < -0.4 is 10.6 Å². The Morgan fingerprint density at radius 2 is 1.94 bits per heavy atom. The van der Waals surface area contributed by atoms with E-state index in [2.05, 4.69) is 36.4 Å². The van der Waals surface area contributed by atoms with Crippen LogP contribution in [0.3, 0.4) is 0 Å². The highest BCUT2D eigenvalue weighted by atomic mass is 16.2. The highest BCUT2D eigenvalue weighted by molar-refractivity contribution is 5.78. The number of nitrogens with zero attached hydrogens (tertiary/aromatic N) is 1. The Balaban J connectivity index is 2.21. The predicted molar refractivity (Wildman–Crippen MR) is 75.6 cm³/mol. The maximum atomic E-state index is 11.9. The van der Waals surface area contributed by atoms with Gasteiger partial charge >= 0.3 is 0 Å². The van der Waals surface area contributed by atoms with E-state index in [-0.39, 0.29) is 5.91 Å². The van der Waals surface area contributed by atoms with Gasteiger partial charge in [0.1, 0.15) is 0 Å². The predicted octanol–water partition coefficient (Wildman–Crippen LogP) is 1.22. The molecule has 0 aliphatic carbocycles. The topological polar surface area (TPSA) is 44.4 Å². The normalized spacial score (nSPS) is 17.4. The summed E-state index contributed by atoms with van der Waals surface area (Å²) in [7, 11) is 2.05. The first-order chi connectivity index (χ1) is 8.65. The van der Waals surface area contributed by atoms with Gasteiger partial charge in [0.2, 0.25) is 5.91 Å². The zero-order valence-electron chi connectivity index (χ0n) is 12.2. The van der Waals surface area contributed by atoms with Crippen LogP contribution in [0.1, 0.15) is 39.5 Å². The van der Waals surface area contributed by atoms with Gasteiger partial charge in [-0.05, 0) is 51.7 Å². The van der Waals surface area contributed by atoms with E-state index in [9.17, 15) is 4.79 Å². The van der Waals surface area contributed by atoms with Crippen molar-refractivity contribution in [2.75, 3.05) is 33.2 Å². The maximum Gasteiger partial charge on any atom is 0.234 e. The quantitative estimate of drug-likeness (QED) is 0.719. The van der Waals surface area contributed by atoms with Crippen molar-refractivity contribution in [1.82, 2.24) is 15.5 Å². The van der Waals surface area contributed by atoms with Gasteiger partial charge < -0.3 is 10.6 Å². The summed E-state index contributed by atoms with van der Waals surface area (Å²) in [6.45, 7) is 8.05. The molecule has 0 radical (unpaired) electrons. The number of amides is 1. The lowest BCUT2D eigenvalue weighted by Crippen LogP contribution is -2.42. The molecule has 18 heavy (non-hydrogen) atoms. The molecule has 0 atom stereocenters. The van der Waals surface area contributed by atoms with Crippen molar-refractivity contribution in [3.8, 4) is 0 Å². The van der Waals surface area contributed by atoms with Crippen LogP contribution in [-0.2, 0) is 4.79 Å². The van der Waals surface area contributed by atoms with E-state index >= 15 is 0 Å². The highest BCUT2D eigenvalue weighted by Crippen LogP contribution is 2.12. The maximum absolute atomic E-state index is 11.9. The molecule has 1 amide bonds. The van der Waals surface area contributed by atoms with Gasteiger partial charge in [0.15, 0.2) is 0 Å². The van der Waals surface area contributed by atoms with Crippen molar-refractivity contribution in [2.45, 2.75) is 45.6 Å². The molecular weight excluding hydrogens is 226 g/mol. The summed E-state index contributed by atoms with van der Waals surface area (Å²) in [5, 5.41) is 6.46. The third kappa shape index (κ3) is 5.83. The summed E-state index contributed by atoms with van der Waals surface area (Å²) in [4.78, 5) is 14.0. The number of likely N-dealkylation sites (N-methyl/N-ethyl adjacent to an activating group) is 1. The van der Waals surface area contributed by atoms with Crippen LogP contribution in [0, 0.1) is 5.92 Å². The number of hydrogen-bond donors (Lipinski definition) is 2. The van der Waals surface area contributed by atoms with Gasteiger partial charge in [-0.2, -0.15) is 0 Å². The number of piperidine rings is 1. The first-order valence-electron chi connectivity index (χ1n) is 7.34. The third-order valence-corrected chi connectivity index (χ3v) is 3.79. The Morgan fingerprint density at radius 3 is 2.50 bits per heavy atom. The molecule has 1 fully saturated rings. The average molecular weight is 255 g/mol. The second-order valence-electron chi connectivity index (χ2n) is 5.47. The molecule has 0 saturated carbocycles. The fourth-order valence-electron chi connectivity index (χ4n) is 2.58. The van der Waals surface area contributed by atoms with Crippen molar-refractivity contribution in [3.63, 3.8) is 0 Å². The Morgan fingerprint density at radius 1 is 1.33 bits per heavy atom. The molecule has 1 rings (SSSR count). The minimum Gasteiger partial charge on any atom is -0.352 e. The van der Waals surface area contributed by atoms with Crippen LogP contribution in [0.5, 0.6) is 0 Å². The molecule has 0 bridgehead atoms. The van der Waals surface area contributed by atoms with Gasteiger partial charge in [-0.3, -0.25) is 9.69 Å². The highest BCUT2D eigenvalue weighted by Gasteiger charge is 2.17. The van der Waals surface area contributed by atoms with Gasteiger partial charge in [0.05, 0.1) is 6.54 Å². The van der Waals surface area contributed by atoms with Crippen LogP contribution in [0.2, 0.25) is 0 Å². The molecule has 0 unspecified atom stereocenters. The summed E-state index contributed by atoms with van der Waals surface area (Å²) >= 11 is 0. The number of carbonyl (C=O) groups excluding carboxylic acids is 1. The molecule has 0 aromatic heterocycles. The van der Waals surface area contributed by atoms with Crippen LogP contribution in [0.15, 0.2) is 0 Å². The van der Waals surface area contributed by atoms with Crippen molar-refractivity contribution in [2.24, 2.45) is 5.92 Å². The summed E-state index contributed by atoms with van der Waals surface area (Å²) in [5.41, 5.74) is 0. The second-order valence-corrected chi connectivity index (χ2v) is 5.47. The van der Waals surface area contributed by atoms with E-state index in [4.69, 9.17) is 0 Å². The fraction of sp³-hybridized carbons (Fsp3) is 0.929. The van der Waals surface area contributed by atoms with E-state index in [1.807, 2.05) is 0 Å². The molecule has 1 heterocycles. The molecule has 1 aliphatic heterocycles. The van der Waals surface area contributed by atoms with Crippen LogP contribution in [0.25, 0.3) is 0 Å². The number of nitrogens with one attached hydrogen (secondary N) is 2. The monoisotopic (exact) mass is 255 g/mol. The molecule has 4 nitrogen and oxygen atoms in total. The van der Waals surface area contributed by atoms with E-state index in [0.29, 0.717) is 12.6 Å². The number of rotatable bonds is 7. The lowest BCUT2D eigenvalue weighted by Gasteiger charge is -2.27. The lowest BCUT2D eigenvalue weighted by atomic mass is 9.98. The fourth-order valence-corrected chi connectivity index (χ4v) is 2.58. The van der Waals surface area contributed by atoms with Gasteiger partial charge in [0, 0.05) is 12.6 Å². The van der Waals surface area contributed by atoms with E-state index in [1.54, 1.807) is 0 Å². The van der Waals surface area contributed by atoms with Gasteiger partial charge in [-0.25, -0.2) is 0 Å². The first kappa shape index (κ1) is 15.4. The van der Waals surface area contributed by atoms with Crippen LogP contribution >= 0.6 is 0 Å². The van der Waals surface area contributed by atoms with Gasteiger partial charge in [-0.1, -0.05) is 13.8 Å². The Bertz CT molecular complexity index is 235. The average Bonchev–Trinajstić information content (AvgIpc) is 2.36. The summed E-state index contributed by atoms with van der Waals surface area (Å²) < 4.78 is 0. The second kappa shape index (κ2) is 8.48. The molecule has 0 aromatic rings.